The molecule has 1 aromatic heterocycles. The molecule has 7 heteroatoms. The first-order chi connectivity index (χ1) is 12.2. The number of rotatable bonds is 8. The van der Waals surface area contributed by atoms with Crippen molar-refractivity contribution in [1.82, 2.24) is 15.2 Å². The summed E-state index contributed by atoms with van der Waals surface area (Å²) in [6, 6.07) is 13.7. The van der Waals surface area contributed by atoms with E-state index in [0.717, 1.165) is 23.8 Å². The number of hydrogen-bond acceptors (Lipinski definition) is 4. The summed E-state index contributed by atoms with van der Waals surface area (Å²) in [5.74, 6) is 2.32. The van der Waals surface area contributed by atoms with E-state index in [-0.39, 0.29) is 24.0 Å². The van der Waals surface area contributed by atoms with Crippen LogP contribution in [-0.2, 0) is 6.54 Å². The highest BCUT2D eigenvalue weighted by Gasteiger charge is 2.09. The van der Waals surface area contributed by atoms with Crippen molar-refractivity contribution >= 4 is 29.9 Å². The fourth-order valence-corrected chi connectivity index (χ4v) is 2.31. The van der Waals surface area contributed by atoms with Crippen molar-refractivity contribution in [3.63, 3.8) is 0 Å². The smallest absolute Gasteiger partial charge is 0.218 e. The Kier molecular flexibility index (Phi) is 10.5. The molecule has 0 spiro atoms. The highest BCUT2D eigenvalue weighted by molar-refractivity contribution is 14.0. The molecule has 0 aliphatic rings. The van der Waals surface area contributed by atoms with Crippen molar-refractivity contribution in [3.8, 4) is 11.6 Å². The summed E-state index contributed by atoms with van der Waals surface area (Å²) in [6.45, 7) is 4.44. The molecule has 2 aromatic rings. The summed E-state index contributed by atoms with van der Waals surface area (Å²) < 4.78 is 11.3. The van der Waals surface area contributed by atoms with Crippen LogP contribution in [0.2, 0.25) is 0 Å². The summed E-state index contributed by atoms with van der Waals surface area (Å²) in [5.41, 5.74) is 0.999. The Bertz CT molecular complexity index is 668. The minimum absolute atomic E-state index is 0. The lowest BCUT2D eigenvalue weighted by atomic mass is 10.2. The van der Waals surface area contributed by atoms with Crippen LogP contribution in [-0.4, -0.2) is 49.7 Å². The number of pyridine rings is 1. The first kappa shape index (κ1) is 22.0. The molecule has 2 rings (SSSR count). The fourth-order valence-electron chi connectivity index (χ4n) is 2.31. The third-order valence-electron chi connectivity index (χ3n) is 3.58. The molecule has 0 atom stereocenters. The summed E-state index contributed by atoms with van der Waals surface area (Å²) in [6.07, 6.45) is 1.73. The van der Waals surface area contributed by atoms with Crippen LogP contribution in [0.25, 0.3) is 0 Å². The van der Waals surface area contributed by atoms with Gasteiger partial charge in [0.25, 0.3) is 0 Å². The van der Waals surface area contributed by atoms with Crippen LogP contribution in [0.1, 0.15) is 12.5 Å². The summed E-state index contributed by atoms with van der Waals surface area (Å²) in [7, 11) is 3.75. The quantitative estimate of drug-likeness (QED) is 0.365. The molecule has 1 aromatic carbocycles. The van der Waals surface area contributed by atoms with Crippen molar-refractivity contribution in [2.45, 2.75) is 13.5 Å². The largest absolute Gasteiger partial charge is 0.492 e. The minimum atomic E-state index is 0. The first-order valence-electron chi connectivity index (χ1n) is 8.41. The van der Waals surface area contributed by atoms with Crippen LogP contribution in [0.4, 0.5) is 0 Å². The van der Waals surface area contributed by atoms with Gasteiger partial charge in [-0.1, -0.05) is 24.3 Å². The third-order valence-corrected chi connectivity index (χ3v) is 3.58. The molecule has 0 fully saturated rings. The Hall–Kier alpha value is -2.03. The normalized spacial score (nSPS) is 10.7. The van der Waals surface area contributed by atoms with Gasteiger partial charge in [-0.3, -0.25) is 4.99 Å². The van der Waals surface area contributed by atoms with E-state index in [9.17, 15) is 0 Å². The van der Waals surface area contributed by atoms with Gasteiger partial charge in [-0.2, -0.15) is 0 Å². The van der Waals surface area contributed by atoms with Crippen molar-refractivity contribution in [1.29, 1.82) is 0 Å². The number of aliphatic imine (C=N–C) groups is 1. The number of nitrogens with one attached hydrogen (secondary N) is 1. The van der Waals surface area contributed by atoms with Gasteiger partial charge in [-0.25, -0.2) is 4.98 Å². The predicted octanol–water partition coefficient (Wildman–Crippen LogP) is 3.18. The monoisotopic (exact) mass is 470 g/mol. The van der Waals surface area contributed by atoms with Crippen LogP contribution in [0.3, 0.4) is 0 Å². The minimum Gasteiger partial charge on any atom is -0.492 e. The molecule has 1 N–H and O–H groups in total. The maximum absolute atomic E-state index is 5.73. The second-order valence-corrected chi connectivity index (χ2v) is 5.38. The van der Waals surface area contributed by atoms with E-state index >= 15 is 0 Å². The highest BCUT2D eigenvalue weighted by Crippen LogP contribution is 2.13. The lowest BCUT2D eigenvalue weighted by molar-refractivity contribution is 0.281. The number of benzene rings is 1. The molecule has 142 valence electrons. The van der Waals surface area contributed by atoms with Gasteiger partial charge in [0.15, 0.2) is 5.96 Å². The molecule has 26 heavy (non-hydrogen) atoms. The van der Waals surface area contributed by atoms with Gasteiger partial charge in [0.05, 0.1) is 13.2 Å². The van der Waals surface area contributed by atoms with Crippen molar-refractivity contribution in [3.05, 3.63) is 54.2 Å². The Labute approximate surface area is 172 Å². The van der Waals surface area contributed by atoms with E-state index in [4.69, 9.17) is 9.47 Å². The molecule has 0 saturated heterocycles. The number of likely N-dealkylation sites (N-methyl/N-ethyl adjacent to an activating group) is 1. The molecule has 0 aliphatic heterocycles. The van der Waals surface area contributed by atoms with Gasteiger partial charge < -0.3 is 19.7 Å². The van der Waals surface area contributed by atoms with Crippen LogP contribution in [0, 0.1) is 0 Å². The standard InChI is InChI=1S/C19H26N4O2.HI/c1-4-24-18-16(9-8-12-21-18)15-22-19(20-2)23(3)13-14-25-17-10-6-5-7-11-17;/h5-12H,4,13-15H2,1-3H3,(H,20,22);1H. The van der Waals surface area contributed by atoms with Crippen LogP contribution < -0.4 is 14.8 Å². The van der Waals surface area contributed by atoms with E-state index in [2.05, 4.69) is 15.3 Å². The van der Waals surface area contributed by atoms with E-state index in [0.29, 0.717) is 25.6 Å². The summed E-state index contributed by atoms with van der Waals surface area (Å²) in [5, 5.41) is 3.33. The van der Waals surface area contributed by atoms with Gasteiger partial charge in [0.2, 0.25) is 5.88 Å². The Balaban J connectivity index is 0.00000338. The average Bonchev–Trinajstić information content (AvgIpc) is 2.64. The maximum atomic E-state index is 5.73. The van der Waals surface area contributed by atoms with Gasteiger partial charge in [0.1, 0.15) is 12.4 Å². The average molecular weight is 470 g/mol. The Morgan fingerprint density at radius 3 is 2.62 bits per heavy atom. The number of aromatic nitrogens is 1. The molecule has 0 saturated carbocycles. The first-order valence-corrected chi connectivity index (χ1v) is 8.41. The zero-order valence-electron chi connectivity index (χ0n) is 15.5. The molecule has 1 heterocycles. The number of hydrogen-bond donors (Lipinski definition) is 1. The predicted molar refractivity (Wildman–Crippen MR) is 116 cm³/mol. The van der Waals surface area contributed by atoms with Crippen molar-refractivity contribution < 1.29 is 9.47 Å². The van der Waals surface area contributed by atoms with Gasteiger partial charge in [-0.05, 0) is 25.1 Å². The maximum Gasteiger partial charge on any atom is 0.218 e. The van der Waals surface area contributed by atoms with E-state index < -0.39 is 0 Å². The van der Waals surface area contributed by atoms with Crippen LogP contribution >= 0.6 is 24.0 Å². The third kappa shape index (κ3) is 7.07. The van der Waals surface area contributed by atoms with Crippen LogP contribution in [0.5, 0.6) is 11.6 Å². The topological polar surface area (TPSA) is 59.0 Å². The summed E-state index contributed by atoms with van der Waals surface area (Å²) in [4.78, 5) is 10.6. The Morgan fingerprint density at radius 2 is 1.92 bits per heavy atom. The molecule has 0 unspecified atom stereocenters. The molecular weight excluding hydrogens is 443 g/mol. The number of halogens is 1. The molecule has 6 nitrogen and oxygen atoms in total. The molecule has 0 amide bonds. The van der Waals surface area contributed by atoms with Gasteiger partial charge >= 0.3 is 0 Å². The fraction of sp³-hybridized carbons (Fsp3) is 0.368. The van der Waals surface area contributed by atoms with Gasteiger partial charge in [0, 0.05) is 32.4 Å². The van der Waals surface area contributed by atoms with Gasteiger partial charge in [-0.15, -0.1) is 24.0 Å². The lowest BCUT2D eigenvalue weighted by Crippen LogP contribution is -2.40. The van der Waals surface area contributed by atoms with Crippen molar-refractivity contribution in [2.75, 3.05) is 33.9 Å². The van der Waals surface area contributed by atoms with E-state index in [1.165, 1.54) is 0 Å². The number of para-hydroxylation sites is 1. The molecular formula is C19H27IN4O2. The SMILES string of the molecule is CCOc1ncccc1CNC(=NC)N(C)CCOc1ccccc1.I. The second kappa shape index (κ2) is 12.3. The number of nitrogens with zero attached hydrogens (tertiary/aromatic N) is 3. The van der Waals surface area contributed by atoms with E-state index in [1.807, 2.05) is 61.3 Å². The summed E-state index contributed by atoms with van der Waals surface area (Å²) >= 11 is 0. The van der Waals surface area contributed by atoms with Crippen LogP contribution in [0.15, 0.2) is 53.7 Å². The lowest BCUT2D eigenvalue weighted by Gasteiger charge is -2.22. The van der Waals surface area contributed by atoms with Crippen molar-refractivity contribution in [2.24, 2.45) is 4.99 Å². The highest BCUT2D eigenvalue weighted by atomic mass is 127. The van der Waals surface area contributed by atoms with E-state index in [1.54, 1.807) is 13.2 Å². The number of ether oxygens (including phenoxy) is 2. The molecule has 0 aliphatic carbocycles. The zero-order chi connectivity index (χ0) is 17.9. The second-order valence-electron chi connectivity index (χ2n) is 5.38. The zero-order valence-corrected chi connectivity index (χ0v) is 17.8. The Morgan fingerprint density at radius 1 is 1.15 bits per heavy atom. The molecule has 0 radical (unpaired) electrons. The molecule has 0 bridgehead atoms. The number of guanidine groups is 1.